The van der Waals surface area contributed by atoms with Gasteiger partial charge in [0.25, 0.3) is 0 Å². The zero-order chi connectivity index (χ0) is 15.4. The molecule has 0 aliphatic carbocycles. The normalized spacial score (nSPS) is 28.7. The molecular weight excluding hydrogens is 266 g/mol. The van der Waals surface area contributed by atoms with Crippen molar-refractivity contribution in [3.63, 3.8) is 0 Å². The Morgan fingerprint density at radius 1 is 1.24 bits per heavy atom. The largest absolute Gasteiger partial charge is 0.344 e. The molecule has 5 heteroatoms. The lowest BCUT2D eigenvalue weighted by atomic mass is 10.0. The lowest BCUT2D eigenvalue weighted by Gasteiger charge is -2.36. The Bertz CT molecular complexity index is 384. The second kappa shape index (κ2) is 7.25. The molecule has 0 aromatic carbocycles. The minimum Gasteiger partial charge on any atom is -0.344 e. The van der Waals surface area contributed by atoms with Crippen molar-refractivity contribution in [3.05, 3.63) is 0 Å². The van der Waals surface area contributed by atoms with Gasteiger partial charge in [0.1, 0.15) is 6.04 Å². The van der Waals surface area contributed by atoms with E-state index >= 15 is 0 Å². The van der Waals surface area contributed by atoms with Crippen LogP contribution in [0.3, 0.4) is 0 Å². The average molecular weight is 295 g/mol. The highest BCUT2D eigenvalue weighted by molar-refractivity contribution is 5.89. The van der Waals surface area contributed by atoms with Gasteiger partial charge < -0.3 is 15.1 Å². The van der Waals surface area contributed by atoms with Gasteiger partial charge >= 0.3 is 0 Å². The molecule has 2 fully saturated rings. The predicted molar refractivity (Wildman–Crippen MR) is 82.9 cm³/mol. The van der Waals surface area contributed by atoms with E-state index in [0.29, 0.717) is 24.9 Å². The molecule has 0 spiro atoms. The molecule has 2 atom stereocenters. The molecule has 2 rings (SSSR count). The maximum absolute atomic E-state index is 12.7. The number of carbonyl (C=O) groups is 2. The summed E-state index contributed by atoms with van der Waals surface area (Å²) in [5, 5.41) is 2.89. The molecule has 2 heterocycles. The van der Waals surface area contributed by atoms with Crippen molar-refractivity contribution in [3.8, 4) is 0 Å². The number of amides is 2. The maximum atomic E-state index is 12.7. The van der Waals surface area contributed by atoms with E-state index in [1.807, 2.05) is 4.90 Å². The molecule has 0 aromatic heterocycles. The van der Waals surface area contributed by atoms with Crippen molar-refractivity contribution < 1.29 is 9.59 Å². The third-order valence-corrected chi connectivity index (χ3v) is 4.61. The van der Waals surface area contributed by atoms with Crippen molar-refractivity contribution >= 4 is 11.8 Å². The number of hydrogen-bond acceptors (Lipinski definition) is 3. The molecule has 21 heavy (non-hydrogen) atoms. The standard InChI is InChI=1S/C16H29N3O2/c1-12(2)10-14-16(21)19(9-7-15(20)17-14)11-13-6-4-5-8-18(13)3/h12-14H,4-11H2,1-3H3,(H,17,20). The summed E-state index contributed by atoms with van der Waals surface area (Å²) in [7, 11) is 2.14. The molecule has 1 N–H and O–H groups in total. The first-order valence-electron chi connectivity index (χ1n) is 8.25. The summed E-state index contributed by atoms with van der Waals surface area (Å²) in [5.74, 6) is 0.513. The third kappa shape index (κ3) is 4.43. The summed E-state index contributed by atoms with van der Waals surface area (Å²) < 4.78 is 0. The molecule has 2 unspecified atom stereocenters. The Morgan fingerprint density at radius 3 is 2.67 bits per heavy atom. The van der Waals surface area contributed by atoms with Gasteiger partial charge in [-0.2, -0.15) is 0 Å². The number of likely N-dealkylation sites (N-methyl/N-ethyl adjacent to an activating group) is 1. The van der Waals surface area contributed by atoms with E-state index in [0.717, 1.165) is 25.9 Å². The minimum absolute atomic E-state index is 0.00787. The zero-order valence-electron chi connectivity index (χ0n) is 13.6. The van der Waals surface area contributed by atoms with Crippen molar-refractivity contribution in [2.24, 2.45) is 5.92 Å². The van der Waals surface area contributed by atoms with Gasteiger partial charge in [0.05, 0.1) is 0 Å². The van der Waals surface area contributed by atoms with Crippen molar-refractivity contribution in [2.75, 3.05) is 26.7 Å². The summed E-state index contributed by atoms with van der Waals surface area (Å²) in [4.78, 5) is 28.8. The quantitative estimate of drug-likeness (QED) is 0.849. The molecule has 0 radical (unpaired) electrons. The van der Waals surface area contributed by atoms with Crippen LogP contribution < -0.4 is 5.32 Å². The SMILES string of the molecule is CC(C)CC1NC(=O)CCN(CC2CCCCN2C)C1=O. The Labute approximate surface area is 128 Å². The van der Waals surface area contributed by atoms with Crippen LogP contribution in [0.4, 0.5) is 0 Å². The lowest BCUT2D eigenvalue weighted by Crippen LogP contribution is -2.50. The number of nitrogens with one attached hydrogen (secondary N) is 1. The average Bonchev–Trinajstić information content (AvgIpc) is 2.54. The Morgan fingerprint density at radius 2 is 2.00 bits per heavy atom. The fourth-order valence-corrected chi connectivity index (χ4v) is 3.34. The summed E-state index contributed by atoms with van der Waals surface area (Å²) in [6.07, 6.45) is 4.79. The Hall–Kier alpha value is -1.10. The van der Waals surface area contributed by atoms with Crippen LogP contribution in [0.15, 0.2) is 0 Å². The smallest absolute Gasteiger partial charge is 0.245 e. The van der Waals surface area contributed by atoms with Crippen LogP contribution >= 0.6 is 0 Å². The van der Waals surface area contributed by atoms with E-state index in [4.69, 9.17) is 0 Å². The number of piperidine rings is 1. The summed E-state index contributed by atoms with van der Waals surface area (Å²) in [6.45, 7) is 6.61. The van der Waals surface area contributed by atoms with Gasteiger partial charge in [-0.1, -0.05) is 20.3 Å². The first kappa shape index (κ1) is 16.3. The van der Waals surface area contributed by atoms with Crippen LogP contribution in [0.25, 0.3) is 0 Å². The fraction of sp³-hybridized carbons (Fsp3) is 0.875. The van der Waals surface area contributed by atoms with E-state index in [1.54, 1.807) is 0 Å². The van der Waals surface area contributed by atoms with Crippen molar-refractivity contribution in [1.29, 1.82) is 0 Å². The van der Waals surface area contributed by atoms with E-state index in [9.17, 15) is 9.59 Å². The Balaban J connectivity index is 2.02. The highest BCUT2D eigenvalue weighted by Crippen LogP contribution is 2.18. The van der Waals surface area contributed by atoms with Crippen LogP contribution in [-0.4, -0.2) is 60.4 Å². The number of nitrogens with zero attached hydrogens (tertiary/aromatic N) is 2. The van der Waals surface area contributed by atoms with Gasteiger partial charge in [0.2, 0.25) is 11.8 Å². The molecule has 2 aliphatic rings. The van der Waals surface area contributed by atoms with Crippen LogP contribution in [0.1, 0.15) is 46.0 Å². The topological polar surface area (TPSA) is 52.7 Å². The zero-order valence-corrected chi connectivity index (χ0v) is 13.6. The van der Waals surface area contributed by atoms with Gasteiger partial charge in [-0.15, -0.1) is 0 Å². The second-order valence-corrected chi connectivity index (χ2v) is 6.91. The van der Waals surface area contributed by atoms with Gasteiger partial charge in [-0.3, -0.25) is 9.59 Å². The third-order valence-electron chi connectivity index (χ3n) is 4.61. The molecule has 2 saturated heterocycles. The van der Waals surface area contributed by atoms with Gasteiger partial charge in [0, 0.05) is 25.6 Å². The van der Waals surface area contributed by atoms with Crippen molar-refractivity contribution in [2.45, 2.75) is 58.0 Å². The number of likely N-dealkylation sites (tertiary alicyclic amines) is 1. The fourth-order valence-electron chi connectivity index (χ4n) is 3.34. The second-order valence-electron chi connectivity index (χ2n) is 6.91. The van der Waals surface area contributed by atoms with Gasteiger partial charge in [-0.05, 0) is 38.8 Å². The van der Waals surface area contributed by atoms with Gasteiger partial charge in [0.15, 0.2) is 0 Å². The molecule has 2 amide bonds. The highest BCUT2D eigenvalue weighted by atomic mass is 16.2. The van der Waals surface area contributed by atoms with E-state index in [2.05, 4.69) is 31.1 Å². The first-order valence-corrected chi connectivity index (χ1v) is 8.25. The van der Waals surface area contributed by atoms with Crippen LogP contribution in [0.2, 0.25) is 0 Å². The van der Waals surface area contributed by atoms with E-state index in [-0.39, 0.29) is 17.9 Å². The molecule has 0 aromatic rings. The Kier molecular flexibility index (Phi) is 5.62. The summed E-state index contributed by atoms with van der Waals surface area (Å²) >= 11 is 0. The molecule has 2 aliphatic heterocycles. The van der Waals surface area contributed by atoms with Gasteiger partial charge in [-0.25, -0.2) is 0 Å². The predicted octanol–water partition coefficient (Wildman–Crippen LogP) is 1.23. The molecule has 0 saturated carbocycles. The number of rotatable bonds is 4. The highest BCUT2D eigenvalue weighted by Gasteiger charge is 2.32. The monoisotopic (exact) mass is 295 g/mol. The summed E-state index contributed by atoms with van der Waals surface area (Å²) in [5.41, 5.74) is 0. The molecule has 0 bridgehead atoms. The first-order chi connectivity index (χ1) is 9.97. The molecule has 120 valence electrons. The van der Waals surface area contributed by atoms with Crippen LogP contribution in [0.5, 0.6) is 0 Å². The van der Waals surface area contributed by atoms with E-state index in [1.165, 1.54) is 12.8 Å². The van der Waals surface area contributed by atoms with E-state index < -0.39 is 0 Å². The lowest BCUT2D eigenvalue weighted by molar-refractivity contribution is -0.134. The minimum atomic E-state index is -0.339. The van der Waals surface area contributed by atoms with Crippen LogP contribution in [-0.2, 0) is 9.59 Å². The molecule has 5 nitrogen and oxygen atoms in total. The molecular formula is C16H29N3O2. The summed E-state index contributed by atoms with van der Waals surface area (Å²) in [6, 6.07) is 0.101. The number of hydrogen-bond donors (Lipinski definition) is 1. The number of carbonyl (C=O) groups excluding carboxylic acids is 2. The van der Waals surface area contributed by atoms with Crippen LogP contribution in [0, 0.1) is 5.92 Å². The maximum Gasteiger partial charge on any atom is 0.245 e. The van der Waals surface area contributed by atoms with Crippen molar-refractivity contribution in [1.82, 2.24) is 15.1 Å².